The molecule has 3 heteroatoms. The zero-order valence-electron chi connectivity index (χ0n) is 9.18. The lowest BCUT2D eigenvalue weighted by Gasteiger charge is -2.47. The molecule has 2 fully saturated rings. The van der Waals surface area contributed by atoms with Gasteiger partial charge >= 0.3 is 0 Å². The first-order valence-corrected chi connectivity index (χ1v) is 5.78. The number of piperazine rings is 1. The van der Waals surface area contributed by atoms with Crippen molar-refractivity contribution in [3.63, 3.8) is 0 Å². The van der Waals surface area contributed by atoms with E-state index in [1.807, 2.05) is 0 Å². The van der Waals surface area contributed by atoms with Gasteiger partial charge in [-0.1, -0.05) is 13.8 Å². The van der Waals surface area contributed by atoms with Gasteiger partial charge in [-0.05, 0) is 32.2 Å². The van der Waals surface area contributed by atoms with Gasteiger partial charge in [0, 0.05) is 12.1 Å². The zero-order valence-corrected chi connectivity index (χ0v) is 9.18. The van der Waals surface area contributed by atoms with E-state index in [9.17, 15) is 4.79 Å². The normalized spacial score (nSPS) is 31.3. The van der Waals surface area contributed by atoms with Gasteiger partial charge in [-0.3, -0.25) is 9.69 Å². The highest BCUT2D eigenvalue weighted by atomic mass is 16.2. The third kappa shape index (κ3) is 1.26. The lowest BCUT2D eigenvalue weighted by molar-refractivity contribution is -0.133. The number of carbonyl (C=O) groups is 1. The Balaban J connectivity index is 2.24. The molecule has 2 heterocycles. The third-order valence-corrected chi connectivity index (χ3v) is 4.07. The van der Waals surface area contributed by atoms with Crippen molar-refractivity contribution in [2.24, 2.45) is 0 Å². The van der Waals surface area contributed by atoms with Crippen LogP contribution in [0.25, 0.3) is 0 Å². The molecule has 0 saturated carbocycles. The van der Waals surface area contributed by atoms with Gasteiger partial charge in [-0.2, -0.15) is 0 Å². The van der Waals surface area contributed by atoms with E-state index >= 15 is 0 Å². The molecule has 0 aromatic heterocycles. The van der Waals surface area contributed by atoms with E-state index in [0.717, 1.165) is 32.4 Å². The summed E-state index contributed by atoms with van der Waals surface area (Å²) >= 11 is 0. The molecule has 3 nitrogen and oxygen atoms in total. The van der Waals surface area contributed by atoms with Crippen molar-refractivity contribution in [3.05, 3.63) is 0 Å². The highest BCUT2D eigenvalue weighted by Gasteiger charge is 2.46. The number of nitrogens with zero attached hydrogens (tertiary/aromatic N) is 1. The third-order valence-electron chi connectivity index (χ3n) is 4.07. The fourth-order valence-corrected chi connectivity index (χ4v) is 2.98. The molecule has 1 amide bonds. The van der Waals surface area contributed by atoms with Crippen LogP contribution in [0.4, 0.5) is 0 Å². The van der Waals surface area contributed by atoms with Crippen LogP contribution < -0.4 is 5.32 Å². The first kappa shape index (κ1) is 9.97. The Hall–Kier alpha value is -0.570. The molecule has 0 unspecified atom stereocenters. The lowest BCUT2D eigenvalue weighted by Crippen LogP contribution is -2.65. The number of amides is 1. The van der Waals surface area contributed by atoms with Crippen LogP contribution >= 0.6 is 0 Å². The molecular formula is C11H20N2O. The molecule has 1 atom stereocenters. The highest BCUT2D eigenvalue weighted by Crippen LogP contribution is 2.34. The summed E-state index contributed by atoms with van der Waals surface area (Å²) in [6.45, 7) is 6.42. The molecule has 0 aromatic rings. The Morgan fingerprint density at radius 1 is 1.50 bits per heavy atom. The number of hydrogen-bond acceptors (Lipinski definition) is 2. The van der Waals surface area contributed by atoms with Crippen LogP contribution in [0.15, 0.2) is 0 Å². The summed E-state index contributed by atoms with van der Waals surface area (Å²) in [6.07, 6.45) is 4.51. The van der Waals surface area contributed by atoms with E-state index in [1.54, 1.807) is 0 Å². The van der Waals surface area contributed by atoms with Gasteiger partial charge in [0.2, 0.25) is 5.91 Å². The minimum Gasteiger partial charge on any atom is -0.353 e. The first-order chi connectivity index (χ1) is 6.73. The average Bonchev–Trinajstić information content (AvgIpc) is 2.70. The summed E-state index contributed by atoms with van der Waals surface area (Å²) in [5.41, 5.74) is 0.245. The molecule has 2 aliphatic heterocycles. The minimum atomic E-state index is 0.170. The van der Waals surface area contributed by atoms with Gasteiger partial charge in [0.25, 0.3) is 0 Å². The van der Waals surface area contributed by atoms with Gasteiger partial charge in [0.05, 0.1) is 6.04 Å². The number of rotatable bonds is 2. The van der Waals surface area contributed by atoms with Crippen molar-refractivity contribution in [2.45, 2.75) is 51.1 Å². The van der Waals surface area contributed by atoms with E-state index in [2.05, 4.69) is 24.1 Å². The van der Waals surface area contributed by atoms with Crippen molar-refractivity contribution in [3.8, 4) is 0 Å². The molecule has 2 rings (SSSR count). The fourth-order valence-electron chi connectivity index (χ4n) is 2.98. The topological polar surface area (TPSA) is 32.3 Å². The van der Waals surface area contributed by atoms with E-state index in [4.69, 9.17) is 0 Å². The molecule has 0 bridgehead atoms. The van der Waals surface area contributed by atoms with Crippen LogP contribution in [0, 0.1) is 0 Å². The number of hydrogen-bond donors (Lipinski definition) is 1. The fraction of sp³-hybridized carbons (Fsp3) is 0.909. The van der Waals surface area contributed by atoms with Crippen molar-refractivity contribution < 1.29 is 4.79 Å². The Labute approximate surface area is 85.8 Å². The Morgan fingerprint density at radius 3 is 2.86 bits per heavy atom. The molecular weight excluding hydrogens is 176 g/mol. The monoisotopic (exact) mass is 196 g/mol. The molecule has 1 N–H and O–H groups in total. The Morgan fingerprint density at radius 2 is 2.21 bits per heavy atom. The minimum absolute atomic E-state index is 0.170. The first-order valence-electron chi connectivity index (χ1n) is 5.78. The Bertz CT molecular complexity index is 235. The van der Waals surface area contributed by atoms with E-state index in [-0.39, 0.29) is 17.5 Å². The summed E-state index contributed by atoms with van der Waals surface area (Å²) in [5.74, 6) is 0.250. The van der Waals surface area contributed by atoms with Gasteiger partial charge in [-0.25, -0.2) is 0 Å². The van der Waals surface area contributed by atoms with Gasteiger partial charge in [-0.15, -0.1) is 0 Å². The van der Waals surface area contributed by atoms with Crippen LogP contribution in [-0.2, 0) is 4.79 Å². The smallest absolute Gasteiger partial charge is 0.237 e. The molecule has 0 aliphatic carbocycles. The second-order valence-corrected chi connectivity index (χ2v) is 4.50. The molecule has 0 aromatic carbocycles. The zero-order chi connectivity index (χ0) is 10.2. The maximum Gasteiger partial charge on any atom is 0.237 e. The number of fused-ring (bicyclic) bond motifs is 1. The summed E-state index contributed by atoms with van der Waals surface area (Å²) in [4.78, 5) is 14.1. The second kappa shape index (κ2) is 3.54. The predicted molar refractivity (Wildman–Crippen MR) is 56.1 cm³/mol. The van der Waals surface area contributed by atoms with Crippen molar-refractivity contribution in [2.75, 3.05) is 13.1 Å². The van der Waals surface area contributed by atoms with Crippen LogP contribution in [-0.4, -0.2) is 35.5 Å². The van der Waals surface area contributed by atoms with E-state index < -0.39 is 0 Å². The molecule has 80 valence electrons. The summed E-state index contributed by atoms with van der Waals surface area (Å²) < 4.78 is 0. The van der Waals surface area contributed by atoms with Crippen molar-refractivity contribution in [1.82, 2.24) is 10.2 Å². The number of carbonyl (C=O) groups excluding carboxylic acids is 1. The summed E-state index contributed by atoms with van der Waals surface area (Å²) in [7, 11) is 0. The SMILES string of the molecule is CCC1(CC)CNC(=O)[C@@H]2CCCN21. The average molecular weight is 196 g/mol. The summed E-state index contributed by atoms with van der Waals surface area (Å²) in [6, 6.07) is 0.170. The maximum absolute atomic E-state index is 11.6. The van der Waals surface area contributed by atoms with Crippen LogP contribution in [0.1, 0.15) is 39.5 Å². The summed E-state index contributed by atoms with van der Waals surface area (Å²) in [5, 5.41) is 3.07. The van der Waals surface area contributed by atoms with Crippen LogP contribution in [0.2, 0.25) is 0 Å². The Kier molecular flexibility index (Phi) is 2.52. The van der Waals surface area contributed by atoms with Gasteiger partial charge < -0.3 is 5.32 Å². The molecule has 0 spiro atoms. The van der Waals surface area contributed by atoms with Crippen LogP contribution in [0.5, 0.6) is 0 Å². The lowest BCUT2D eigenvalue weighted by atomic mass is 9.87. The molecule has 2 aliphatic rings. The van der Waals surface area contributed by atoms with Crippen molar-refractivity contribution in [1.29, 1.82) is 0 Å². The molecule has 0 radical (unpaired) electrons. The largest absolute Gasteiger partial charge is 0.353 e. The molecule has 2 saturated heterocycles. The number of nitrogens with one attached hydrogen (secondary N) is 1. The van der Waals surface area contributed by atoms with E-state index in [1.165, 1.54) is 6.42 Å². The predicted octanol–water partition coefficient (Wildman–Crippen LogP) is 1.14. The van der Waals surface area contributed by atoms with Crippen LogP contribution in [0.3, 0.4) is 0 Å². The maximum atomic E-state index is 11.6. The second-order valence-electron chi connectivity index (χ2n) is 4.50. The highest BCUT2D eigenvalue weighted by molar-refractivity contribution is 5.83. The molecule has 14 heavy (non-hydrogen) atoms. The van der Waals surface area contributed by atoms with Gasteiger partial charge in [0.15, 0.2) is 0 Å². The van der Waals surface area contributed by atoms with E-state index in [0.29, 0.717) is 0 Å². The van der Waals surface area contributed by atoms with Crippen molar-refractivity contribution >= 4 is 5.91 Å². The standard InChI is InChI=1S/C11H20N2O/c1-3-11(4-2)8-12-10(14)9-6-5-7-13(9)11/h9H,3-8H2,1-2H3,(H,12,14)/t9-/m0/s1. The van der Waals surface area contributed by atoms with Gasteiger partial charge in [0.1, 0.15) is 0 Å². The quantitative estimate of drug-likeness (QED) is 0.718.